The fraction of sp³-hybridized carbons (Fsp3) is 0.533. The van der Waals surface area contributed by atoms with Crippen LogP contribution in [0.4, 0.5) is 10.5 Å². The number of anilines is 1. The lowest BCUT2D eigenvalue weighted by molar-refractivity contribution is 0.240. The van der Waals surface area contributed by atoms with Gasteiger partial charge >= 0.3 is 6.03 Å². The van der Waals surface area contributed by atoms with Crippen molar-refractivity contribution in [3.63, 3.8) is 0 Å². The molecule has 1 aromatic carbocycles. The van der Waals surface area contributed by atoms with E-state index >= 15 is 0 Å². The molecule has 2 amide bonds. The van der Waals surface area contributed by atoms with E-state index in [1.165, 1.54) is 12.0 Å². The van der Waals surface area contributed by atoms with Crippen molar-refractivity contribution in [1.29, 1.82) is 0 Å². The SMILES string of the molecule is CC(C)NCc1ccc(NC(=O)NC2CCC2)cc1. The lowest BCUT2D eigenvalue weighted by Gasteiger charge is -2.26. The van der Waals surface area contributed by atoms with E-state index in [4.69, 9.17) is 0 Å². The summed E-state index contributed by atoms with van der Waals surface area (Å²) in [6, 6.07) is 8.70. The molecule has 0 aromatic heterocycles. The first-order valence-electron chi connectivity index (χ1n) is 7.03. The van der Waals surface area contributed by atoms with Crippen LogP contribution in [0, 0.1) is 0 Å². The Bertz CT molecular complexity index is 410. The Balaban J connectivity index is 1.78. The molecule has 0 aliphatic heterocycles. The van der Waals surface area contributed by atoms with Gasteiger partial charge in [-0.1, -0.05) is 26.0 Å². The number of amides is 2. The second-order valence-corrected chi connectivity index (χ2v) is 5.46. The quantitative estimate of drug-likeness (QED) is 0.763. The zero-order valence-electron chi connectivity index (χ0n) is 11.7. The first kappa shape index (κ1) is 13.9. The molecule has 0 spiro atoms. The zero-order chi connectivity index (χ0) is 13.7. The van der Waals surface area contributed by atoms with Gasteiger partial charge in [0.15, 0.2) is 0 Å². The molecule has 4 nitrogen and oxygen atoms in total. The van der Waals surface area contributed by atoms with E-state index in [0.717, 1.165) is 25.1 Å². The highest BCUT2D eigenvalue weighted by Gasteiger charge is 2.19. The van der Waals surface area contributed by atoms with E-state index < -0.39 is 0 Å². The Labute approximate surface area is 115 Å². The normalized spacial score (nSPS) is 15.1. The van der Waals surface area contributed by atoms with E-state index in [-0.39, 0.29) is 6.03 Å². The van der Waals surface area contributed by atoms with E-state index in [9.17, 15) is 4.79 Å². The Morgan fingerprint density at radius 3 is 2.47 bits per heavy atom. The summed E-state index contributed by atoms with van der Waals surface area (Å²) >= 11 is 0. The topological polar surface area (TPSA) is 53.2 Å². The van der Waals surface area contributed by atoms with Crippen molar-refractivity contribution in [1.82, 2.24) is 10.6 Å². The van der Waals surface area contributed by atoms with E-state index in [2.05, 4.69) is 29.8 Å². The van der Waals surface area contributed by atoms with Gasteiger partial charge in [-0.05, 0) is 37.0 Å². The maximum atomic E-state index is 11.7. The van der Waals surface area contributed by atoms with Crippen LogP contribution >= 0.6 is 0 Å². The maximum Gasteiger partial charge on any atom is 0.319 e. The Hall–Kier alpha value is -1.55. The minimum absolute atomic E-state index is 0.0993. The molecule has 4 heteroatoms. The van der Waals surface area contributed by atoms with Crippen molar-refractivity contribution in [2.24, 2.45) is 0 Å². The van der Waals surface area contributed by atoms with Gasteiger partial charge in [-0.15, -0.1) is 0 Å². The highest BCUT2D eigenvalue weighted by atomic mass is 16.2. The number of nitrogens with one attached hydrogen (secondary N) is 3. The monoisotopic (exact) mass is 261 g/mol. The number of urea groups is 1. The molecule has 3 N–H and O–H groups in total. The van der Waals surface area contributed by atoms with Crippen molar-refractivity contribution in [3.8, 4) is 0 Å². The third kappa shape index (κ3) is 4.56. The summed E-state index contributed by atoms with van der Waals surface area (Å²) in [6.07, 6.45) is 3.43. The van der Waals surface area contributed by atoms with Crippen LogP contribution in [0.3, 0.4) is 0 Å². The fourth-order valence-corrected chi connectivity index (χ4v) is 1.93. The van der Waals surface area contributed by atoms with E-state index in [1.54, 1.807) is 0 Å². The van der Waals surface area contributed by atoms with Gasteiger partial charge in [0.05, 0.1) is 0 Å². The van der Waals surface area contributed by atoms with E-state index in [1.807, 2.05) is 24.3 Å². The van der Waals surface area contributed by atoms with Gasteiger partial charge in [0.1, 0.15) is 0 Å². The van der Waals surface area contributed by atoms with Gasteiger partial charge in [-0.3, -0.25) is 0 Å². The van der Waals surface area contributed by atoms with Crippen LogP contribution in [0.5, 0.6) is 0 Å². The van der Waals surface area contributed by atoms with Crippen molar-refractivity contribution in [3.05, 3.63) is 29.8 Å². The molecule has 1 fully saturated rings. The van der Waals surface area contributed by atoms with Crippen molar-refractivity contribution in [2.45, 2.75) is 51.7 Å². The lowest BCUT2D eigenvalue weighted by Crippen LogP contribution is -2.41. The van der Waals surface area contributed by atoms with Crippen LogP contribution in [0.1, 0.15) is 38.7 Å². The van der Waals surface area contributed by atoms with Gasteiger partial charge in [0, 0.05) is 24.3 Å². The van der Waals surface area contributed by atoms with Gasteiger partial charge in [-0.2, -0.15) is 0 Å². The molecule has 2 rings (SSSR count). The Morgan fingerprint density at radius 2 is 1.95 bits per heavy atom. The standard InChI is InChI=1S/C15H23N3O/c1-11(2)16-10-12-6-8-14(9-7-12)18-15(19)17-13-4-3-5-13/h6-9,11,13,16H,3-5,10H2,1-2H3,(H2,17,18,19). The molecule has 1 aliphatic rings. The van der Waals surface area contributed by atoms with Gasteiger partial charge in [0.25, 0.3) is 0 Å². The molecule has 1 aromatic rings. The maximum absolute atomic E-state index is 11.7. The van der Waals surface area contributed by atoms with Crippen LogP contribution < -0.4 is 16.0 Å². The van der Waals surface area contributed by atoms with Crippen LogP contribution in [0.25, 0.3) is 0 Å². The predicted octanol–water partition coefficient (Wildman–Crippen LogP) is 2.86. The summed E-state index contributed by atoms with van der Waals surface area (Å²) in [5, 5.41) is 9.18. The summed E-state index contributed by atoms with van der Waals surface area (Å²) < 4.78 is 0. The summed E-state index contributed by atoms with van der Waals surface area (Å²) in [4.78, 5) is 11.7. The molecule has 0 saturated heterocycles. The molecule has 0 radical (unpaired) electrons. The molecule has 104 valence electrons. The zero-order valence-corrected chi connectivity index (χ0v) is 11.7. The van der Waals surface area contributed by atoms with Gasteiger partial charge in [0.2, 0.25) is 0 Å². The summed E-state index contributed by atoms with van der Waals surface area (Å²) in [7, 11) is 0. The third-order valence-electron chi connectivity index (χ3n) is 3.37. The number of hydrogen-bond donors (Lipinski definition) is 3. The number of rotatable bonds is 5. The minimum atomic E-state index is -0.0993. The Morgan fingerprint density at radius 1 is 1.26 bits per heavy atom. The molecule has 1 saturated carbocycles. The largest absolute Gasteiger partial charge is 0.335 e. The number of benzene rings is 1. The highest BCUT2D eigenvalue weighted by molar-refractivity contribution is 5.89. The van der Waals surface area contributed by atoms with Crippen LogP contribution in [0.15, 0.2) is 24.3 Å². The molecule has 0 atom stereocenters. The van der Waals surface area contributed by atoms with Gasteiger partial charge in [-0.25, -0.2) is 4.79 Å². The summed E-state index contributed by atoms with van der Waals surface area (Å²) in [5.74, 6) is 0. The molecule has 0 unspecified atom stereocenters. The van der Waals surface area contributed by atoms with Crippen molar-refractivity contribution >= 4 is 11.7 Å². The van der Waals surface area contributed by atoms with Crippen molar-refractivity contribution < 1.29 is 4.79 Å². The first-order valence-corrected chi connectivity index (χ1v) is 7.03. The van der Waals surface area contributed by atoms with E-state index in [0.29, 0.717) is 12.1 Å². The second kappa shape index (κ2) is 6.57. The summed E-state index contributed by atoms with van der Waals surface area (Å²) in [5.41, 5.74) is 2.06. The number of carbonyl (C=O) groups is 1. The molecular weight excluding hydrogens is 238 g/mol. The van der Waals surface area contributed by atoms with Crippen LogP contribution in [0.2, 0.25) is 0 Å². The summed E-state index contributed by atoms with van der Waals surface area (Å²) in [6.45, 7) is 5.10. The van der Waals surface area contributed by atoms with Crippen molar-refractivity contribution in [2.75, 3.05) is 5.32 Å². The molecule has 0 heterocycles. The minimum Gasteiger partial charge on any atom is -0.335 e. The Kier molecular flexibility index (Phi) is 4.80. The second-order valence-electron chi connectivity index (χ2n) is 5.46. The average molecular weight is 261 g/mol. The van der Waals surface area contributed by atoms with Gasteiger partial charge < -0.3 is 16.0 Å². The lowest BCUT2D eigenvalue weighted by atomic mass is 9.93. The fourth-order valence-electron chi connectivity index (χ4n) is 1.93. The third-order valence-corrected chi connectivity index (χ3v) is 3.37. The van der Waals surface area contributed by atoms with Crippen LogP contribution in [-0.2, 0) is 6.54 Å². The smallest absolute Gasteiger partial charge is 0.319 e. The average Bonchev–Trinajstić information content (AvgIpc) is 2.33. The predicted molar refractivity (Wildman–Crippen MR) is 78.2 cm³/mol. The molecule has 1 aliphatic carbocycles. The number of carbonyl (C=O) groups excluding carboxylic acids is 1. The first-order chi connectivity index (χ1) is 9.13. The van der Waals surface area contributed by atoms with Crippen LogP contribution in [-0.4, -0.2) is 18.1 Å². The highest BCUT2D eigenvalue weighted by Crippen LogP contribution is 2.18. The molecular formula is C15H23N3O. The molecule has 0 bridgehead atoms. The molecule has 19 heavy (non-hydrogen) atoms. The number of hydrogen-bond acceptors (Lipinski definition) is 2.